The highest BCUT2D eigenvalue weighted by molar-refractivity contribution is 7.39. The predicted molar refractivity (Wildman–Crippen MR) is 56.1 cm³/mol. The Morgan fingerprint density at radius 3 is 2.69 bits per heavy atom. The molecule has 1 atom stereocenters. The molecule has 0 radical (unpaired) electrons. The van der Waals surface area contributed by atoms with Crippen LogP contribution < -0.4 is 0 Å². The molecule has 0 spiro atoms. The summed E-state index contributed by atoms with van der Waals surface area (Å²) in [6, 6.07) is 9.77. The van der Waals surface area contributed by atoms with Crippen LogP contribution in [0.25, 0.3) is 6.08 Å². The zero-order chi connectivity index (χ0) is 9.52. The van der Waals surface area contributed by atoms with Gasteiger partial charge in [-0.25, -0.2) is 0 Å². The molecule has 0 bridgehead atoms. The smallest absolute Gasteiger partial charge is 0.235 e. The third-order valence-corrected chi connectivity index (χ3v) is 2.52. The van der Waals surface area contributed by atoms with Crippen molar-refractivity contribution < 1.29 is 9.09 Å². The molecular formula is C10H13O2P. The average Bonchev–Trinajstić information content (AvgIpc) is 2.19. The molecule has 0 saturated carbocycles. The maximum atomic E-state index is 10.9. The van der Waals surface area contributed by atoms with Crippen molar-refractivity contribution in [3.8, 4) is 0 Å². The van der Waals surface area contributed by atoms with Gasteiger partial charge in [-0.15, -0.1) is 0 Å². The molecule has 0 aliphatic carbocycles. The molecule has 0 aliphatic heterocycles. The van der Waals surface area contributed by atoms with Crippen LogP contribution in [-0.2, 0) is 9.09 Å². The molecule has 1 unspecified atom stereocenters. The van der Waals surface area contributed by atoms with Crippen LogP contribution >= 0.6 is 8.03 Å². The van der Waals surface area contributed by atoms with Crippen LogP contribution in [0.5, 0.6) is 0 Å². The van der Waals surface area contributed by atoms with E-state index in [0.717, 1.165) is 5.56 Å². The summed E-state index contributed by atoms with van der Waals surface area (Å²) in [4.78, 5) is 0. The summed E-state index contributed by atoms with van der Waals surface area (Å²) in [5, 5.41) is 0. The third-order valence-electron chi connectivity index (χ3n) is 1.55. The second-order valence-electron chi connectivity index (χ2n) is 2.56. The Morgan fingerprint density at radius 1 is 1.38 bits per heavy atom. The summed E-state index contributed by atoms with van der Waals surface area (Å²) >= 11 is 0. The first kappa shape index (κ1) is 10.1. The van der Waals surface area contributed by atoms with Gasteiger partial charge >= 0.3 is 0 Å². The number of benzene rings is 1. The SMILES string of the molecule is CC[PH](=O)OC=Cc1ccccc1. The van der Waals surface area contributed by atoms with Gasteiger partial charge in [0.25, 0.3) is 0 Å². The molecule has 1 aromatic carbocycles. The van der Waals surface area contributed by atoms with E-state index in [1.807, 2.05) is 37.3 Å². The van der Waals surface area contributed by atoms with Gasteiger partial charge in [0.1, 0.15) is 0 Å². The Bertz CT molecular complexity index is 293. The molecule has 70 valence electrons. The lowest BCUT2D eigenvalue weighted by molar-refractivity contribution is 0.466. The minimum atomic E-state index is -1.84. The first-order valence-electron chi connectivity index (χ1n) is 4.24. The van der Waals surface area contributed by atoms with Gasteiger partial charge in [-0.2, -0.15) is 0 Å². The number of hydrogen-bond donors (Lipinski definition) is 0. The van der Waals surface area contributed by atoms with Gasteiger partial charge in [0.2, 0.25) is 8.03 Å². The fourth-order valence-corrected chi connectivity index (χ4v) is 1.22. The highest BCUT2D eigenvalue weighted by Crippen LogP contribution is 2.21. The second-order valence-corrected chi connectivity index (χ2v) is 4.24. The minimum Gasteiger partial charge on any atom is -0.453 e. The van der Waals surface area contributed by atoms with E-state index in [2.05, 4.69) is 0 Å². The standard InChI is InChI=1S/C10H13O2P/c1-2-13(11)12-9-8-10-6-4-3-5-7-10/h3-9,13H,2H2,1H3. The Balaban J connectivity index is 2.45. The summed E-state index contributed by atoms with van der Waals surface area (Å²) in [6.07, 6.45) is 3.89. The van der Waals surface area contributed by atoms with Crippen molar-refractivity contribution in [2.45, 2.75) is 6.92 Å². The monoisotopic (exact) mass is 196 g/mol. The summed E-state index contributed by atoms with van der Waals surface area (Å²) in [7, 11) is -1.84. The quantitative estimate of drug-likeness (QED) is 0.546. The van der Waals surface area contributed by atoms with E-state index in [4.69, 9.17) is 4.52 Å². The van der Waals surface area contributed by atoms with E-state index in [9.17, 15) is 4.57 Å². The van der Waals surface area contributed by atoms with E-state index < -0.39 is 8.03 Å². The van der Waals surface area contributed by atoms with Crippen molar-refractivity contribution in [2.75, 3.05) is 6.16 Å². The summed E-state index contributed by atoms with van der Waals surface area (Å²) < 4.78 is 15.9. The maximum absolute atomic E-state index is 10.9. The lowest BCUT2D eigenvalue weighted by atomic mass is 10.2. The van der Waals surface area contributed by atoms with Crippen molar-refractivity contribution >= 4 is 14.1 Å². The molecule has 0 heterocycles. The highest BCUT2D eigenvalue weighted by atomic mass is 31.1. The van der Waals surface area contributed by atoms with Crippen molar-refractivity contribution in [1.29, 1.82) is 0 Å². The first-order chi connectivity index (χ1) is 6.33. The van der Waals surface area contributed by atoms with E-state index in [0.29, 0.717) is 6.16 Å². The summed E-state index contributed by atoms with van der Waals surface area (Å²) in [5.74, 6) is 0. The Morgan fingerprint density at radius 2 is 2.08 bits per heavy atom. The number of rotatable bonds is 4. The molecule has 0 aliphatic rings. The molecule has 0 N–H and O–H groups in total. The molecule has 2 nitrogen and oxygen atoms in total. The zero-order valence-electron chi connectivity index (χ0n) is 7.57. The molecule has 3 heteroatoms. The molecule has 1 rings (SSSR count). The predicted octanol–water partition coefficient (Wildman–Crippen LogP) is 3.17. The molecule has 0 amide bonds. The van der Waals surface area contributed by atoms with Crippen LogP contribution in [0.1, 0.15) is 12.5 Å². The second kappa shape index (κ2) is 5.60. The Kier molecular flexibility index (Phi) is 4.34. The number of hydrogen-bond acceptors (Lipinski definition) is 2. The van der Waals surface area contributed by atoms with Crippen molar-refractivity contribution in [3.05, 3.63) is 42.2 Å². The van der Waals surface area contributed by atoms with Crippen molar-refractivity contribution in [2.24, 2.45) is 0 Å². The molecule has 13 heavy (non-hydrogen) atoms. The molecule has 0 aromatic heterocycles. The summed E-state index contributed by atoms with van der Waals surface area (Å²) in [6.45, 7) is 1.84. The van der Waals surface area contributed by atoms with Gasteiger partial charge in [-0.3, -0.25) is 4.57 Å². The minimum absolute atomic E-state index is 0.587. The fourth-order valence-electron chi connectivity index (χ4n) is 0.836. The topological polar surface area (TPSA) is 26.3 Å². The maximum Gasteiger partial charge on any atom is 0.235 e. The van der Waals surface area contributed by atoms with E-state index in [1.165, 1.54) is 6.26 Å². The van der Waals surface area contributed by atoms with Gasteiger partial charge < -0.3 is 4.52 Å². The van der Waals surface area contributed by atoms with Gasteiger partial charge in [-0.05, 0) is 11.6 Å². The molecule has 0 saturated heterocycles. The van der Waals surface area contributed by atoms with Gasteiger partial charge in [0, 0.05) is 6.16 Å². The Labute approximate surface area is 79.1 Å². The van der Waals surface area contributed by atoms with E-state index >= 15 is 0 Å². The van der Waals surface area contributed by atoms with Crippen LogP contribution in [-0.4, -0.2) is 6.16 Å². The molecule has 1 aromatic rings. The fraction of sp³-hybridized carbons (Fsp3) is 0.200. The van der Waals surface area contributed by atoms with Gasteiger partial charge in [-0.1, -0.05) is 37.3 Å². The average molecular weight is 196 g/mol. The Hall–Kier alpha value is -1.01. The first-order valence-corrected chi connectivity index (χ1v) is 5.76. The summed E-state index contributed by atoms with van der Waals surface area (Å²) in [5.41, 5.74) is 1.05. The van der Waals surface area contributed by atoms with E-state index in [-0.39, 0.29) is 0 Å². The van der Waals surface area contributed by atoms with Crippen LogP contribution in [0.2, 0.25) is 0 Å². The van der Waals surface area contributed by atoms with Crippen molar-refractivity contribution in [3.63, 3.8) is 0 Å². The van der Waals surface area contributed by atoms with E-state index in [1.54, 1.807) is 6.08 Å². The zero-order valence-corrected chi connectivity index (χ0v) is 8.57. The lowest BCUT2D eigenvalue weighted by Gasteiger charge is -1.96. The van der Waals surface area contributed by atoms with Crippen LogP contribution in [0.4, 0.5) is 0 Å². The molecule has 0 fully saturated rings. The van der Waals surface area contributed by atoms with Crippen LogP contribution in [0.15, 0.2) is 36.6 Å². The lowest BCUT2D eigenvalue weighted by Crippen LogP contribution is -1.71. The largest absolute Gasteiger partial charge is 0.453 e. The molecular weight excluding hydrogens is 183 g/mol. The van der Waals surface area contributed by atoms with Gasteiger partial charge in [0.15, 0.2) is 0 Å². The normalized spacial score (nSPS) is 13.0. The highest BCUT2D eigenvalue weighted by Gasteiger charge is 1.89. The third kappa shape index (κ3) is 3.95. The van der Waals surface area contributed by atoms with Crippen LogP contribution in [0, 0.1) is 0 Å². The van der Waals surface area contributed by atoms with Gasteiger partial charge in [0.05, 0.1) is 6.26 Å². The van der Waals surface area contributed by atoms with Crippen LogP contribution in [0.3, 0.4) is 0 Å². The van der Waals surface area contributed by atoms with Crippen molar-refractivity contribution in [1.82, 2.24) is 0 Å².